The van der Waals surface area contributed by atoms with E-state index >= 15 is 0 Å². The lowest BCUT2D eigenvalue weighted by molar-refractivity contribution is -0.149. The Kier molecular flexibility index (Phi) is 6.24. The number of anilines is 2. The van der Waals surface area contributed by atoms with Gasteiger partial charge < -0.3 is 14.5 Å². The summed E-state index contributed by atoms with van der Waals surface area (Å²) in [6, 6.07) is 1.90. The maximum absolute atomic E-state index is 11.8. The number of aryl methyl sites for hydroxylation is 1. The first kappa shape index (κ1) is 20.9. The molecule has 156 valence electrons. The van der Waals surface area contributed by atoms with Crippen LogP contribution < -0.4 is 9.80 Å². The van der Waals surface area contributed by atoms with Crippen LogP contribution in [0.25, 0.3) is 0 Å². The molecule has 9 nitrogen and oxygen atoms in total. The molecule has 0 saturated carbocycles. The maximum atomic E-state index is 11.8. The van der Waals surface area contributed by atoms with Gasteiger partial charge in [-0.05, 0) is 40.2 Å². The molecule has 2 aromatic heterocycles. The SMILES string of the molecule is CCCC(=O)OC(C)c1nccc(N2CCN(c3ncnc(C)n3)CC2(C)C)n1. The Morgan fingerprint density at radius 3 is 2.72 bits per heavy atom. The molecule has 1 unspecified atom stereocenters. The highest BCUT2D eigenvalue weighted by Crippen LogP contribution is 2.28. The van der Waals surface area contributed by atoms with Crippen LogP contribution in [-0.2, 0) is 9.53 Å². The number of aromatic nitrogens is 5. The van der Waals surface area contributed by atoms with Crippen molar-refractivity contribution in [3.8, 4) is 0 Å². The van der Waals surface area contributed by atoms with Crippen LogP contribution in [0.15, 0.2) is 18.6 Å². The predicted octanol–water partition coefficient (Wildman–Crippen LogP) is 2.48. The van der Waals surface area contributed by atoms with E-state index in [1.165, 1.54) is 0 Å². The van der Waals surface area contributed by atoms with Crippen LogP contribution in [0.1, 0.15) is 58.3 Å². The number of piperazine rings is 1. The Morgan fingerprint density at radius 2 is 2.03 bits per heavy atom. The molecule has 29 heavy (non-hydrogen) atoms. The van der Waals surface area contributed by atoms with E-state index in [4.69, 9.17) is 9.72 Å². The van der Waals surface area contributed by atoms with Crippen molar-refractivity contribution in [2.75, 3.05) is 29.4 Å². The van der Waals surface area contributed by atoms with Crippen LogP contribution in [0.2, 0.25) is 0 Å². The first-order valence-electron chi connectivity index (χ1n) is 10.0. The number of hydrogen-bond donors (Lipinski definition) is 0. The molecule has 0 radical (unpaired) electrons. The van der Waals surface area contributed by atoms with Crippen molar-refractivity contribution >= 4 is 17.7 Å². The molecule has 1 saturated heterocycles. The quantitative estimate of drug-likeness (QED) is 0.678. The van der Waals surface area contributed by atoms with Crippen LogP contribution in [0, 0.1) is 6.92 Å². The zero-order chi connectivity index (χ0) is 21.0. The largest absolute Gasteiger partial charge is 0.454 e. The topological polar surface area (TPSA) is 97.2 Å². The molecule has 1 aliphatic rings. The monoisotopic (exact) mass is 399 g/mol. The standard InChI is InChI=1S/C20H29N7O2/c1-6-7-17(28)29-14(2)18-21-9-8-16(25-18)27-11-10-26(12-20(27,4)5)19-23-13-22-15(3)24-19/h8-9,13-14H,6-7,10-12H2,1-5H3. The van der Waals surface area contributed by atoms with Gasteiger partial charge in [-0.15, -0.1) is 0 Å². The maximum Gasteiger partial charge on any atom is 0.306 e. The van der Waals surface area contributed by atoms with Crippen molar-refractivity contribution in [1.29, 1.82) is 0 Å². The second kappa shape index (κ2) is 8.67. The van der Waals surface area contributed by atoms with Gasteiger partial charge in [-0.3, -0.25) is 4.79 Å². The summed E-state index contributed by atoms with van der Waals surface area (Å²) in [4.78, 5) is 38.1. The highest BCUT2D eigenvalue weighted by molar-refractivity contribution is 5.69. The van der Waals surface area contributed by atoms with E-state index < -0.39 is 6.10 Å². The fraction of sp³-hybridized carbons (Fsp3) is 0.600. The second-order valence-corrected chi connectivity index (χ2v) is 7.87. The fourth-order valence-corrected chi connectivity index (χ4v) is 3.49. The second-order valence-electron chi connectivity index (χ2n) is 7.87. The number of carbonyl (C=O) groups excluding carboxylic acids is 1. The molecule has 0 aliphatic carbocycles. The van der Waals surface area contributed by atoms with Crippen molar-refractivity contribution < 1.29 is 9.53 Å². The Balaban J connectivity index is 1.75. The third-order valence-electron chi connectivity index (χ3n) is 4.93. The van der Waals surface area contributed by atoms with Crippen molar-refractivity contribution in [1.82, 2.24) is 24.9 Å². The summed E-state index contributed by atoms with van der Waals surface area (Å²) in [5.74, 6) is 2.52. The Hall–Kier alpha value is -2.84. The van der Waals surface area contributed by atoms with Gasteiger partial charge in [-0.25, -0.2) is 19.9 Å². The van der Waals surface area contributed by atoms with Crippen molar-refractivity contribution in [3.63, 3.8) is 0 Å². The zero-order valence-corrected chi connectivity index (χ0v) is 17.8. The first-order valence-corrected chi connectivity index (χ1v) is 10.0. The Labute approximate surface area is 171 Å². The number of rotatable bonds is 6. The number of esters is 1. The molecule has 0 amide bonds. The molecule has 0 spiro atoms. The van der Waals surface area contributed by atoms with Crippen LogP contribution in [0.5, 0.6) is 0 Å². The summed E-state index contributed by atoms with van der Waals surface area (Å²) < 4.78 is 5.44. The lowest BCUT2D eigenvalue weighted by Gasteiger charge is -2.47. The third-order valence-corrected chi connectivity index (χ3v) is 4.93. The summed E-state index contributed by atoms with van der Waals surface area (Å²) in [5.41, 5.74) is -0.202. The molecule has 2 aromatic rings. The molecule has 9 heteroatoms. The zero-order valence-electron chi connectivity index (χ0n) is 17.8. The van der Waals surface area contributed by atoms with Crippen molar-refractivity contribution in [2.45, 2.75) is 59.1 Å². The van der Waals surface area contributed by atoms with E-state index in [0.29, 0.717) is 24.0 Å². The van der Waals surface area contributed by atoms with E-state index in [1.54, 1.807) is 19.4 Å². The van der Waals surface area contributed by atoms with Crippen LogP contribution in [0.4, 0.5) is 11.8 Å². The van der Waals surface area contributed by atoms with Gasteiger partial charge in [0.1, 0.15) is 18.0 Å². The van der Waals surface area contributed by atoms with Gasteiger partial charge in [-0.1, -0.05) is 6.92 Å². The summed E-state index contributed by atoms with van der Waals surface area (Å²) in [7, 11) is 0. The minimum atomic E-state index is -0.480. The third kappa shape index (κ3) is 4.96. The van der Waals surface area contributed by atoms with E-state index in [1.807, 2.05) is 19.9 Å². The minimum Gasteiger partial charge on any atom is -0.454 e. The molecule has 3 heterocycles. The highest BCUT2D eigenvalue weighted by atomic mass is 16.5. The Bertz CT molecular complexity index is 858. The molecule has 1 aliphatic heterocycles. The van der Waals surface area contributed by atoms with Gasteiger partial charge in [0.15, 0.2) is 11.9 Å². The predicted molar refractivity (Wildman–Crippen MR) is 110 cm³/mol. The highest BCUT2D eigenvalue weighted by Gasteiger charge is 2.36. The average Bonchev–Trinajstić information content (AvgIpc) is 2.67. The molecule has 1 fully saturated rings. The minimum absolute atomic E-state index is 0.202. The van der Waals surface area contributed by atoms with Gasteiger partial charge >= 0.3 is 5.97 Å². The number of nitrogens with zero attached hydrogens (tertiary/aromatic N) is 7. The van der Waals surface area contributed by atoms with Crippen molar-refractivity contribution in [3.05, 3.63) is 30.2 Å². The molecule has 1 atom stereocenters. The summed E-state index contributed by atoms with van der Waals surface area (Å²) in [6.45, 7) is 12.2. The van der Waals surface area contributed by atoms with Crippen LogP contribution in [-0.4, -0.2) is 56.1 Å². The molecule has 0 N–H and O–H groups in total. The first-order chi connectivity index (χ1) is 13.8. The van der Waals surface area contributed by atoms with Crippen LogP contribution in [0.3, 0.4) is 0 Å². The lowest BCUT2D eigenvalue weighted by Crippen LogP contribution is -2.60. The number of hydrogen-bond acceptors (Lipinski definition) is 9. The van der Waals surface area contributed by atoms with Gasteiger partial charge in [-0.2, -0.15) is 4.98 Å². The average molecular weight is 399 g/mol. The van der Waals surface area contributed by atoms with E-state index in [-0.39, 0.29) is 11.5 Å². The Morgan fingerprint density at radius 1 is 1.24 bits per heavy atom. The lowest BCUT2D eigenvalue weighted by atomic mass is 9.99. The van der Waals surface area contributed by atoms with Crippen molar-refractivity contribution in [2.24, 2.45) is 0 Å². The van der Waals surface area contributed by atoms with E-state index in [2.05, 4.69) is 43.6 Å². The van der Waals surface area contributed by atoms with E-state index in [0.717, 1.165) is 31.9 Å². The fourth-order valence-electron chi connectivity index (χ4n) is 3.49. The molecular formula is C20H29N7O2. The molecule has 0 aromatic carbocycles. The molecule has 3 rings (SSSR count). The summed E-state index contributed by atoms with van der Waals surface area (Å²) >= 11 is 0. The number of ether oxygens (including phenoxy) is 1. The number of carbonyl (C=O) groups is 1. The van der Waals surface area contributed by atoms with Gasteiger partial charge in [0.2, 0.25) is 5.95 Å². The molecule has 0 bridgehead atoms. The normalized spacial score (nSPS) is 17.1. The summed E-state index contributed by atoms with van der Waals surface area (Å²) in [5, 5.41) is 0. The van der Waals surface area contributed by atoms with E-state index in [9.17, 15) is 4.79 Å². The van der Waals surface area contributed by atoms with Gasteiger partial charge in [0, 0.05) is 32.3 Å². The van der Waals surface area contributed by atoms with Gasteiger partial charge in [0.05, 0.1) is 5.54 Å². The summed E-state index contributed by atoms with van der Waals surface area (Å²) in [6.07, 6.45) is 3.95. The molecular weight excluding hydrogens is 370 g/mol. The van der Waals surface area contributed by atoms with Gasteiger partial charge in [0.25, 0.3) is 0 Å². The van der Waals surface area contributed by atoms with Crippen LogP contribution >= 0.6 is 0 Å². The smallest absolute Gasteiger partial charge is 0.306 e.